The second-order valence-electron chi connectivity index (χ2n) is 12.0. The highest BCUT2D eigenvalue weighted by Gasteiger charge is 2.41. The summed E-state index contributed by atoms with van der Waals surface area (Å²) in [6, 6.07) is 13.7. The van der Waals surface area contributed by atoms with E-state index in [1.807, 2.05) is 52.3 Å². The molecule has 14 heteroatoms. The first-order valence-electron chi connectivity index (χ1n) is 14.5. The molecule has 0 spiro atoms. The largest absolute Gasteiger partial charge is 0.483 e. The lowest BCUT2D eigenvalue weighted by Gasteiger charge is -2.35. The second kappa shape index (κ2) is 14.9. The molecule has 248 valence electrons. The number of carbonyl (C=O) groups excluding carboxylic acids is 1. The maximum absolute atomic E-state index is 14.2. The molecule has 1 aromatic heterocycles. The van der Waals surface area contributed by atoms with Crippen LogP contribution in [0.5, 0.6) is 0 Å². The first-order chi connectivity index (χ1) is 22.1. The third-order valence-electron chi connectivity index (χ3n) is 7.11. The van der Waals surface area contributed by atoms with Crippen molar-refractivity contribution in [3.63, 3.8) is 0 Å². The summed E-state index contributed by atoms with van der Waals surface area (Å²) in [5.74, 6) is 5.86. The van der Waals surface area contributed by atoms with Crippen LogP contribution >= 0.6 is 0 Å². The number of carbonyl (C=O) groups is 2. The third-order valence-corrected chi connectivity index (χ3v) is 8.14. The Morgan fingerprint density at radius 1 is 1.17 bits per heavy atom. The number of methoxy groups -OCH3 is 1. The van der Waals surface area contributed by atoms with Gasteiger partial charge in [0.25, 0.3) is 6.47 Å². The average molecular weight is 664 g/mol. The molecular formula is C33H39N6O7S+. The normalized spacial score (nSPS) is 14.2. The quantitative estimate of drug-likeness (QED) is 0.164. The summed E-state index contributed by atoms with van der Waals surface area (Å²) in [5.41, 5.74) is 3.22. The third kappa shape index (κ3) is 8.76. The summed E-state index contributed by atoms with van der Waals surface area (Å²) in [6.45, 7) is 4.02. The Balaban J connectivity index is 0.00000192. The predicted molar refractivity (Wildman–Crippen MR) is 177 cm³/mol. The lowest BCUT2D eigenvalue weighted by atomic mass is 9.90. The van der Waals surface area contributed by atoms with Crippen LogP contribution in [0.4, 0.5) is 11.6 Å². The second-order valence-corrected chi connectivity index (χ2v) is 14.3. The molecule has 47 heavy (non-hydrogen) atoms. The van der Waals surface area contributed by atoms with Gasteiger partial charge in [0.1, 0.15) is 22.4 Å². The van der Waals surface area contributed by atoms with Crippen molar-refractivity contribution in [2.24, 2.45) is 0 Å². The Morgan fingerprint density at radius 2 is 1.85 bits per heavy atom. The number of sulfone groups is 1. The van der Waals surface area contributed by atoms with Gasteiger partial charge in [0, 0.05) is 29.7 Å². The first kappa shape index (κ1) is 36.3. The Labute approximate surface area is 274 Å². The van der Waals surface area contributed by atoms with Crippen LogP contribution in [0.2, 0.25) is 0 Å². The summed E-state index contributed by atoms with van der Waals surface area (Å²) in [7, 11) is 4.05. The van der Waals surface area contributed by atoms with Crippen LogP contribution in [0, 0.1) is 30.1 Å². The van der Waals surface area contributed by atoms with E-state index in [1.54, 1.807) is 30.0 Å². The highest BCUT2D eigenvalue weighted by molar-refractivity contribution is 7.90. The van der Waals surface area contributed by atoms with Crippen LogP contribution in [-0.4, -0.2) is 91.6 Å². The van der Waals surface area contributed by atoms with Gasteiger partial charge in [0.05, 0.1) is 51.2 Å². The summed E-state index contributed by atoms with van der Waals surface area (Å²) >= 11 is 0. The number of esters is 1. The Kier molecular flexibility index (Phi) is 11.5. The zero-order chi connectivity index (χ0) is 35.1. The minimum absolute atomic E-state index is 0.0520. The van der Waals surface area contributed by atoms with E-state index >= 15 is 0 Å². The number of carboxylic acid groups (broad SMARTS) is 1. The number of benzene rings is 2. The van der Waals surface area contributed by atoms with Crippen LogP contribution in [-0.2, 0) is 30.7 Å². The van der Waals surface area contributed by atoms with Crippen molar-refractivity contribution >= 4 is 33.9 Å². The lowest BCUT2D eigenvalue weighted by Crippen LogP contribution is -2.38. The topological polar surface area (TPSA) is 165 Å². The number of hydrogen-bond donors (Lipinski definition) is 1. The van der Waals surface area contributed by atoms with Crippen molar-refractivity contribution in [1.29, 1.82) is 5.26 Å². The highest BCUT2D eigenvalue weighted by atomic mass is 32.2. The number of fused-ring (bicyclic) bond motifs is 1. The van der Waals surface area contributed by atoms with Gasteiger partial charge in [-0.1, -0.05) is 24.1 Å². The summed E-state index contributed by atoms with van der Waals surface area (Å²) in [6.07, 6.45) is 1.32. The molecule has 1 unspecified atom stereocenters. The fraction of sp³-hybridized carbons (Fsp3) is 0.364. The number of anilines is 2. The van der Waals surface area contributed by atoms with Crippen LogP contribution in [0.15, 0.2) is 58.5 Å². The van der Waals surface area contributed by atoms with E-state index < -0.39 is 27.5 Å². The summed E-state index contributed by atoms with van der Waals surface area (Å²) in [4.78, 5) is 37.8. The smallest absolute Gasteiger partial charge is 0.348 e. The van der Waals surface area contributed by atoms with Crippen LogP contribution in [0.3, 0.4) is 0 Å². The van der Waals surface area contributed by atoms with Crippen molar-refractivity contribution in [3.8, 4) is 17.9 Å². The number of quaternary nitrogens is 1. The Bertz CT molecular complexity index is 1970. The van der Waals surface area contributed by atoms with Crippen molar-refractivity contribution in [2.75, 3.05) is 51.7 Å². The fourth-order valence-electron chi connectivity index (χ4n) is 5.09. The Hall–Kier alpha value is -5.18. The molecule has 0 fully saturated rings. The van der Waals surface area contributed by atoms with Gasteiger partial charge >= 0.3 is 11.7 Å². The molecule has 0 saturated heterocycles. The molecule has 1 N–H and O–H groups in total. The molecule has 2 aromatic carbocycles. The van der Waals surface area contributed by atoms with E-state index in [2.05, 4.69) is 23.0 Å². The molecule has 2 heterocycles. The number of rotatable bonds is 8. The van der Waals surface area contributed by atoms with E-state index in [0.717, 1.165) is 11.8 Å². The van der Waals surface area contributed by atoms with Gasteiger partial charge in [-0.2, -0.15) is 5.26 Å². The fourth-order valence-corrected chi connectivity index (χ4v) is 5.74. The number of allylic oxidation sites excluding steroid dienone is 1. The maximum Gasteiger partial charge on any atom is 0.348 e. The molecule has 1 aliphatic heterocycles. The molecule has 13 nitrogen and oxygen atoms in total. The zero-order valence-electron chi connectivity index (χ0n) is 27.5. The standard InChI is InChI=1S/C32H37N6O5S.CH2O2/c1-22-11-8-13-26(19-22)36-23(2)28(30(39)43-6)29(37-31(36)34-35(32(37)40)16-10-18-44(7,41)42)27-15-14-24(21-33)20-25(27)12-9-17-38(3,4)5;2-1-3/h8,11,13-15,19-20,29H,10,16-18H2,1-7H3;1H,(H,2,3)/q+1;. The molecule has 1 aliphatic rings. The summed E-state index contributed by atoms with van der Waals surface area (Å²) in [5, 5.41) is 21.2. The number of hydrogen-bond acceptors (Lipinski definition) is 9. The monoisotopic (exact) mass is 663 g/mol. The van der Waals surface area contributed by atoms with E-state index in [9.17, 15) is 23.3 Å². The van der Waals surface area contributed by atoms with E-state index in [1.165, 1.54) is 16.4 Å². The molecule has 0 aliphatic carbocycles. The van der Waals surface area contributed by atoms with Crippen molar-refractivity contribution in [2.45, 2.75) is 32.9 Å². The lowest BCUT2D eigenvalue weighted by molar-refractivity contribution is -0.862. The van der Waals surface area contributed by atoms with Crippen LogP contribution in [0.1, 0.15) is 41.6 Å². The van der Waals surface area contributed by atoms with Crippen molar-refractivity contribution < 1.29 is 32.3 Å². The van der Waals surface area contributed by atoms with Gasteiger partial charge in [-0.3, -0.25) is 9.69 Å². The van der Waals surface area contributed by atoms with Gasteiger partial charge in [-0.15, -0.1) is 5.10 Å². The molecular weight excluding hydrogens is 624 g/mol. The molecule has 3 aromatic rings. The zero-order valence-corrected chi connectivity index (χ0v) is 28.3. The van der Waals surface area contributed by atoms with E-state index in [-0.39, 0.29) is 36.7 Å². The predicted octanol–water partition coefficient (Wildman–Crippen LogP) is 2.61. The minimum atomic E-state index is -3.26. The number of nitrogens with zero attached hydrogens (tertiary/aromatic N) is 6. The molecule has 0 bridgehead atoms. The van der Waals surface area contributed by atoms with E-state index in [4.69, 9.17) is 14.6 Å². The number of aromatic nitrogens is 3. The minimum Gasteiger partial charge on any atom is -0.483 e. The molecule has 0 radical (unpaired) electrons. The van der Waals surface area contributed by atoms with Crippen LogP contribution < -0.4 is 10.6 Å². The van der Waals surface area contributed by atoms with Gasteiger partial charge in [0.15, 0.2) is 0 Å². The van der Waals surface area contributed by atoms with Gasteiger partial charge in [0.2, 0.25) is 5.95 Å². The van der Waals surface area contributed by atoms with Gasteiger partial charge < -0.3 is 14.3 Å². The molecule has 1 atom stereocenters. The van der Waals surface area contributed by atoms with Crippen molar-refractivity contribution in [1.82, 2.24) is 14.3 Å². The van der Waals surface area contributed by atoms with Crippen molar-refractivity contribution in [3.05, 3.63) is 86.5 Å². The molecule has 0 saturated carbocycles. The number of aryl methyl sites for hydroxylation is 2. The maximum atomic E-state index is 14.2. The average Bonchev–Trinajstić information content (AvgIpc) is 3.30. The van der Waals surface area contributed by atoms with Crippen LogP contribution in [0.25, 0.3) is 0 Å². The summed E-state index contributed by atoms with van der Waals surface area (Å²) < 4.78 is 32.2. The van der Waals surface area contributed by atoms with Gasteiger partial charge in [-0.25, -0.2) is 27.3 Å². The number of ether oxygens (including phenoxy) is 1. The number of nitriles is 1. The molecule has 4 rings (SSSR count). The first-order valence-corrected chi connectivity index (χ1v) is 16.6. The van der Waals surface area contributed by atoms with E-state index in [0.29, 0.717) is 39.1 Å². The highest BCUT2D eigenvalue weighted by Crippen LogP contribution is 2.42. The van der Waals surface area contributed by atoms with Gasteiger partial charge in [-0.05, 0) is 61.6 Å². The molecule has 0 amide bonds. The SMILES string of the molecule is COC(=O)C1=C(C)N(c2cccc(C)c2)c2nn(CCCS(C)(=O)=O)c(=O)n2C1c1ccc(C#N)cc1C#CC[N+](C)(C)C.O=CO. The Morgan fingerprint density at radius 3 is 2.43 bits per heavy atom.